The number of hydrogen-bond acceptors (Lipinski definition) is 5. The van der Waals surface area contributed by atoms with Crippen LogP contribution in [0.25, 0.3) is 0 Å². The molecule has 2 N–H and O–H groups in total. The maximum atomic E-state index is 12.7. The normalized spacial score (nSPS) is 11.4. The lowest BCUT2D eigenvalue weighted by Gasteiger charge is -2.04. The van der Waals surface area contributed by atoms with Crippen LogP contribution < -0.4 is 4.72 Å². The van der Waals surface area contributed by atoms with E-state index in [1.807, 2.05) is 0 Å². The van der Waals surface area contributed by atoms with Crippen molar-refractivity contribution in [2.45, 2.75) is 11.4 Å². The van der Waals surface area contributed by atoms with Crippen molar-refractivity contribution in [3.05, 3.63) is 46.2 Å². The molecule has 0 atom stereocenters. The van der Waals surface area contributed by atoms with Crippen molar-refractivity contribution in [1.29, 1.82) is 0 Å². The number of carbonyl (C=O) groups is 1. The smallest absolute Gasteiger partial charge is 0.355 e. The molecular formula is C11H9FN2O4S2. The van der Waals surface area contributed by atoms with Gasteiger partial charge < -0.3 is 5.11 Å². The second-order valence-corrected chi connectivity index (χ2v) is 6.42. The summed E-state index contributed by atoms with van der Waals surface area (Å²) in [6, 6.07) is 4.37. The van der Waals surface area contributed by atoms with Crippen LogP contribution in [0.1, 0.15) is 15.5 Å². The molecular weight excluding hydrogens is 307 g/mol. The van der Waals surface area contributed by atoms with Gasteiger partial charge in [-0.05, 0) is 24.3 Å². The molecule has 106 valence electrons. The molecule has 9 heteroatoms. The third-order valence-electron chi connectivity index (χ3n) is 2.31. The van der Waals surface area contributed by atoms with Gasteiger partial charge in [-0.3, -0.25) is 0 Å². The van der Waals surface area contributed by atoms with Crippen molar-refractivity contribution < 1.29 is 22.7 Å². The molecule has 0 amide bonds. The third kappa shape index (κ3) is 3.38. The van der Waals surface area contributed by atoms with Crippen molar-refractivity contribution in [3.8, 4) is 0 Å². The molecule has 2 aromatic rings. The molecule has 1 aromatic heterocycles. The highest BCUT2D eigenvalue weighted by atomic mass is 32.2. The van der Waals surface area contributed by atoms with Crippen LogP contribution in [0.2, 0.25) is 0 Å². The van der Waals surface area contributed by atoms with Gasteiger partial charge in [0, 0.05) is 5.38 Å². The summed E-state index contributed by atoms with van der Waals surface area (Å²) >= 11 is 1.04. The minimum Gasteiger partial charge on any atom is -0.476 e. The Morgan fingerprint density at radius 1 is 1.35 bits per heavy atom. The average molecular weight is 316 g/mol. The molecule has 0 saturated heterocycles. The molecule has 0 aliphatic carbocycles. The molecule has 0 radical (unpaired) electrons. The number of thiazole rings is 1. The molecule has 1 aromatic carbocycles. The fourth-order valence-corrected chi connectivity index (χ4v) is 3.13. The first kappa shape index (κ1) is 14.6. The minimum absolute atomic E-state index is 0.0751. The van der Waals surface area contributed by atoms with Crippen LogP contribution in [-0.2, 0) is 16.6 Å². The van der Waals surface area contributed by atoms with Crippen LogP contribution in [-0.4, -0.2) is 24.5 Å². The van der Waals surface area contributed by atoms with Gasteiger partial charge in [-0.1, -0.05) is 0 Å². The zero-order valence-corrected chi connectivity index (χ0v) is 11.5. The van der Waals surface area contributed by atoms with E-state index in [1.165, 1.54) is 5.38 Å². The summed E-state index contributed by atoms with van der Waals surface area (Å²) < 4.78 is 38.8. The van der Waals surface area contributed by atoms with E-state index in [0.29, 0.717) is 5.01 Å². The molecule has 0 aliphatic rings. The van der Waals surface area contributed by atoms with Crippen molar-refractivity contribution >= 4 is 27.3 Å². The van der Waals surface area contributed by atoms with Crippen LogP contribution in [0.4, 0.5) is 4.39 Å². The van der Waals surface area contributed by atoms with E-state index in [1.54, 1.807) is 0 Å². The van der Waals surface area contributed by atoms with E-state index in [4.69, 9.17) is 5.11 Å². The molecule has 2 rings (SSSR count). The summed E-state index contributed by atoms with van der Waals surface area (Å²) in [6.07, 6.45) is 0. The van der Waals surface area contributed by atoms with Gasteiger partial charge in [-0.2, -0.15) is 0 Å². The SMILES string of the molecule is O=C(O)c1csc(CNS(=O)(=O)c2ccc(F)cc2)n1. The van der Waals surface area contributed by atoms with Gasteiger partial charge in [-0.15, -0.1) is 11.3 Å². The lowest BCUT2D eigenvalue weighted by Crippen LogP contribution is -2.23. The molecule has 0 spiro atoms. The van der Waals surface area contributed by atoms with Gasteiger partial charge in [0.25, 0.3) is 0 Å². The van der Waals surface area contributed by atoms with Gasteiger partial charge >= 0.3 is 5.97 Å². The molecule has 0 fully saturated rings. The van der Waals surface area contributed by atoms with Gasteiger partial charge in [-0.25, -0.2) is 27.3 Å². The summed E-state index contributed by atoms with van der Waals surface area (Å²) in [5, 5.41) is 10.4. The zero-order chi connectivity index (χ0) is 14.8. The highest BCUT2D eigenvalue weighted by Crippen LogP contribution is 2.13. The first-order valence-electron chi connectivity index (χ1n) is 5.31. The van der Waals surface area contributed by atoms with Crippen molar-refractivity contribution in [2.75, 3.05) is 0 Å². The quantitative estimate of drug-likeness (QED) is 0.870. The number of benzene rings is 1. The number of hydrogen-bond donors (Lipinski definition) is 2. The first-order valence-corrected chi connectivity index (χ1v) is 7.68. The summed E-state index contributed by atoms with van der Waals surface area (Å²) in [5.41, 5.74) is -0.133. The van der Waals surface area contributed by atoms with Crippen LogP contribution >= 0.6 is 11.3 Å². The van der Waals surface area contributed by atoms with E-state index in [0.717, 1.165) is 35.6 Å². The Morgan fingerprint density at radius 2 is 2.00 bits per heavy atom. The predicted octanol–water partition coefficient (Wildman–Crippen LogP) is 1.46. The first-order chi connectivity index (χ1) is 9.38. The number of carboxylic acid groups (broad SMARTS) is 1. The van der Waals surface area contributed by atoms with Crippen molar-refractivity contribution in [2.24, 2.45) is 0 Å². The summed E-state index contributed by atoms with van der Waals surface area (Å²) in [5.74, 6) is -1.70. The second-order valence-electron chi connectivity index (χ2n) is 3.71. The topological polar surface area (TPSA) is 96.4 Å². The number of halogens is 1. The van der Waals surface area contributed by atoms with Crippen LogP contribution in [0, 0.1) is 5.82 Å². The standard InChI is InChI=1S/C11H9FN2O4S2/c12-7-1-3-8(4-2-7)20(17,18)13-5-10-14-9(6-19-10)11(15)16/h1-4,6,13H,5H2,(H,15,16). The van der Waals surface area contributed by atoms with Gasteiger partial charge in [0.15, 0.2) is 5.69 Å². The minimum atomic E-state index is -3.78. The molecule has 1 heterocycles. The Morgan fingerprint density at radius 3 is 2.55 bits per heavy atom. The third-order valence-corrected chi connectivity index (χ3v) is 4.57. The largest absolute Gasteiger partial charge is 0.476 e. The fraction of sp³-hybridized carbons (Fsp3) is 0.0909. The van der Waals surface area contributed by atoms with Crippen LogP contribution in [0.3, 0.4) is 0 Å². The fourth-order valence-electron chi connectivity index (χ4n) is 1.34. The molecule has 0 aliphatic heterocycles. The highest BCUT2D eigenvalue weighted by Gasteiger charge is 2.15. The second kappa shape index (κ2) is 5.65. The number of nitrogens with one attached hydrogen (secondary N) is 1. The molecule has 0 bridgehead atoms. The number of nitrogens with zero attached hydrogens (tertiary/aromatic N) is 1. The Balaban J connectivity index is 2.08. The lowest BCUT2D eigenvalue weighted by molar-refractivity contribution is 0.0691. The van der Waals surface area contributed by atoms with Crippen LogP contribution in [0.15, 0.2) is 34.5 Å². The monoisotopic (exact) mass is 316 g/mol. The maximum Gasteiger partial charge on any atom is 0.355 e. The van der Waals surface area contributed by atoms with Crippen molar-refractivity contribution in [1.82, 2.24) is 9.71 Å². The van der Waals surface area contributed by atoms with Gasteiger partial charge in [0.1, 0.15) is 10.8 Å². The Kier molecular flexibility index (Phi) is 4.12. The van der Waals surface area contributed by atoms with E-state index >= 15 is 0 Å². The number of aromatic nitrogens is 1. The number of aromatic carboxylic acids is 1. The number of carboxylic acids is 1. The molecule has 0 unspecified atom stereocenters. The van der Waals surface area contributed by atoms with Gasteiger partial charge in [0.05, 0.1) is 11.4 Å². The summed E-state index contributed by atoms with van der Waals surface area (Å²) in [4.78, 5) is 14.3. The Labute approximate surface area is 118 Å². The van der Waals surface area contributed by atoms with Crippen LogP contribution in [0.5, 0.6) is 0 Å². The van der Waals surface area contributed by atoms with E-state index < -0.39 is 21.8 Å². The number of sulfonamides is 1. The summed E-state index contributed by atoms with van der Waals surface area (Å²) in [7, 11) is -3.78. The number of rotatable bonds is 5. The Bertz CT molecular complexity index is 725. The maximum absolute atomic E-state index is 12.7. The lowest BCUT2D eigenvalue weighted by atomic mass is 10.4. The predicted molar refractivity (Wildman–Crippen MR) is 69.5 cm³/mol. The van der Waals surface area contributed by atoms with E-state index in [2.05, 4.69) is 9.71 Å². The van der Waals surface area contributed by atoms with E-state index in [9.17, 15) is 17.6 Å². The molecule has 0 saturated carbocycles. The van der Waals surface area contributed by atoms with Gasteiger partial charge in [0.2, 0.25) is 10.0 Å². The highest BCUT2D eigenvalue weighted by molar-refractivity contribution is 7.89. The zero-order valence-electron chi connectivity index (χ0n) is 9.91. The summed E-state index contributed by atoms with van der Waals surface area (Å²) in [6.45, 7) is -0.127. The van der Waals surface area contributed by atoms with Crippen molar-refractivity contribution in [3.63, 3.8) is 0 Å². The molecule has 20 heavy (non-hydrogen) atoms. The average Bonchev–Trinajstić information content (AvgIpc) is 2.86. The van der Waals surface area contributed by atoms with E-state index in [-0.39, 0.29) is 17.1 Å². The Hall–Kier alpha value is -1.84. The molecule has 6 nitrogen and oxygen atoms in total.